The second kappa shape index (κ2) is 6.93. The zero-order valence-electron chi connectivity index (χ0n) is 15.3. The van der Waals surface area contributed by atoms with E-state index in [9.17, 15) is 4.79 Å². The fourth-order valence-electron chi connectivity index (χ4n) is 4.79. The van der Waals surface area contributed by atoms with Crippen molar-refractivity contribution in [1.29, 1.82) is 0 Å². The number of fused-ring (bicyclic) bond motifs is 3. The van der Waals surface area contributed by atoms with Gasteiger partial charge >= 0.3 is 6.09 Å². The predicted octanol–water partition coefficient (Wildman–Crippen LogP) is 2.53. The second-order valence-corrected chi connectivity index (χ2v) is 8.27. The molecule has 5 atom stereocenters. The zero-order chi connectivity index (χ0) is 19.3. The van der Waals surface area contributed by atoms with Gasteiger partial charge in [0.2, 0.25) is 0 Å². The number of halogens is 1. The Labute approximate surface area is 167 Å². The number of anilines is 1. The predicted molar refractivity (Wildman–Crippen MR) is 106 cm³/mol. The first-order valence-electron chi connectivity index (χ1n) is 9.76. The topological polar surface area (TPSA) is 118 Å². The standard InChI is InChI=1S/C19H23ClN6O2/c20-12-8-23-18-15(25-17(26-18)11-2-1-5-22-7-11)14(12)24-13-9-3-4-10(6-9)16(13)28-19(21)27/h3-4,8-11,13,16,22H,1-2,5-7H2,(H2,21,27)(H2,23,24,25,26)/t9-,10+,11?,13+,16-/m0/s1. The highest BCUT2D eigenvalue weighted by atomic mass is 35.5. The van der Waals surface area contributed by atoms with Crippen LogP contribution in [0.3, 0.4) is 0 Å². The van der Waals surface area contributed by atoms with Crippen molar-refractivity contribution in [2.45, 2.75) is 37.3 Å². The van der Waals surface area contributed by atoms with Crippen molar-refractivity contribution in [1.82, 2.24) is 20.3 Å². The summed E-state index contributed by atoms with van der Waals surface area (Å²) in [6.07, 6.45) is 7.98. The van der Waals surface area contributed by atoms with Crippen LogP contribution in [0.2, 0.25) is 5.02 Å². The lowest BCUT2D eigenvalue weighted by Crippen LogP contribution is -2.41. The molecule has 1 saturated heterocycles. The Bertz CT molecular complexity index is 938. The summed E-state index contributed by atoms with van der Waals surface area (Å²) < 4.78 is 5.41. The number of piperidine rings is 1. The normalized spacial score (nSPS) is 31.4. The van der Waals surface area contributed by atoms with E-state index in [4.69, 9.17) is 27.1 Å². The summed E-state index contributed by atoms with van der Waals surface area (Å²) in [7, 11) is 0. The van der Waals surface area contributed by atoms with Crippen LogP contribution in [-0.4, -0.2) is 46.3 Å². The molecule has 0 aromatic carbocycles. The number of amides is 1. The summed E-state index contributed by atoms with van der Waals surface area (Å²) in [5.74, 6) is 1.70. The third-order valence-electron chi connectivity index (χ3n) is 6.12. The van der Waals surface area contributed by atoms with Crippen molar-refractivity contribution in [2.75, 3.05) is 18.4 Å². The van der Waals surface area contributed by atoms with Gasteiger partial charge in [0.25, 0.3) is 0 Å². The van der Waals surface area contributed by atoms with Gasteiger partial charge in [-0.3, -0.25) is 0 Å². The molecular weight excluding hydrogens is 380 g/mol. The lowest BCUT2D eigenvalue weighted by molar-refractivity contribution is 0.0854. The quantitative estimate of drug-likeness (QED) is 0.583. The number of nitrogens with zero attached hydrogens (tertiary/aromatic N) is 2. The Morgan fingerprint density at radius 1 is 1.36 bits per heavy atom. The summed E-state index contributed by atoms with van der Waals surface area (Å²) in [6, 6.07) is -0.0953. The molecule has 0 spiro atoms. The van der Waals surface area contributed by atoms with Crippen LogP contribution in [-0.2, 0) is 4.74 Å². The van der Waals surface area contributed by atoms with E-state index in [-0.39, 0.29) is 24.0 Å². The maximum absolute atomic E-state index is 11.4. The van der Waals surface area contributed by atoms with Crippen molar-refractivity contribution in [2.24, 2.45) is 17.6 Å². The highest BCUT2D eigenvalue weighted by molar-refractivity contribution is 6.34. The molecule has 5 N–H and O–H groups in total. The number of ether oxygens (including phenoxy) is 1. The maximum Gasteiger partial charge on any atom is 0.404 e. The number of H-pyrrole nitrogens is 1. The molecule has 8 nitrogen and oxygen atoms in total. The van der Waals surface area contributed by atoms with Crippen LogP contribution >= 0.6 is 11.6 Å². The molecule has 2 aromatic heterocycles. The molecule has 1 saturated carbocycles. The van der Waals surface area contributed by atoms with Gasteiger partial charge in [-0.1, -0.05) is 23.8 Å². The molecule has 28 heavy (non-hydrogen) atoms. The summed E-state index contributed by atoms with van der Waals surface area (Å²) in [5, 5.41) is 7.41. The van der Waals surface area contributed by atoms with Crippen molar-refractivity contribution in [3.8, 4) is 0 Å². The number of rotatable bonds is 4. The van der Waals surface area contributed by atoms with E-state index in [0.717, 1.165) is 49.4 Å². The first-order chi connectivity index (χ1) is 13.6. The monoisotopic (exact) mass is 402 g/mol. The van der Waals surface area contributed by atoms with E-state index < -0.39 is 6.09 Å². The number of nitrogens with one attached hydrogen (secondary N) is 3. The highest BCUT2D eigenvalue weighted by Crippen LogP contribution is 2.44. The number of pyridine rings is 1. The molecule has 148 valence electrons. The minimum absolute atomic E-state index is 0.0953. The number of aromatic amines is 1. The number of imidazole rings is 1. The number of hydrogen-bond donors (Lipinski definition) is 4. The van der Waals surface area contributed by atoms with Crippen LogP contribution in [0.25, 0.3) is 11.2 Å². The largest absolute Gasteiger partial charge is 0.444 e. The Balaban J connectivity index is 1.48. The third kappa shape index (κ3) is 3.00. The Morgan fingerprint density at radius 2 is 2.21 bits per heavy atom. The number of nitrogens with two attached hydrogens (primary N) is 1. The first kappa shape index (κ1) is 17.8. The molecule has 0 radical (unpaired) electrons. The highest BCUT2D eigenvalue weighted by Gasteiger charge is 2.47. The zero-order valence-corrected chi connectivity index (χ0v) is 16.1. The van der Waals surface area contributed by atoms with Gasteiger partial charge in [-0.25, -0.2) is 14.8 Å². The van der Waals surface area contributed by atoms with Gasteiger partial charge in [0, 0.05) is 24.3 Å². The third-order valence-corrected chi connectivity index (χ3v) is 6.41. The average Bonchev–Trinajstić information content (AvgIpc) is 3.40. The van der Waals surface area contributed by atoms with Gasteiger partial charge in [0.15, 0.2) is 5.65 Å². The Hall–Kier alpha value is -2.32. The summed E-state index contributed by atoms with van der Waals surface area (Å²) in [6.45, 7) is 1.95. The molecule has 1 amide bonds. The van der Waals surface area contributed by atoms with Gasteiger partial charge in [-0.2, -0.15) is 0 Å². The average molecular weight is 403 g/mol. The Kier molecular flexibility index (Phi) is 4.40. The van der Waals surface area contributed by atoms with Crippen LogP contribution in [0.15, 0.2) is 18.3 Å². The van der Waals surface area contributed by atoms with E-state index in [0.29, 0.717) is 16.6 Å². The maximum atomic E-state index is 11.4. The molecule has 1 unspecified atom stereocenters. The van der Waals surface area contributed by atoms with Crippen LogP contribution in [0.4, 0.5) is 10.5 Å². The molecule has 2 bridgehead atoms. The summed E-state index contributed by atoms with van der Waals surface area (Å²) in [4.78, 5) is 24.0. The van der Waals surface area contributed by atoms with Crippen LogP contribution in [0.1, 0.15) is 31.0 Å². The minimum Gasteiger partial charge on any atom is -0.444 e. The van der Waals surface area contributed by atoms with E-state index in [1.54, 1.807) is 6.20 Å². The van der Waals surface area contributed by atoms with Crippen molar-refractivity contribution in [3.05, 3.63) is 29.2 Å². The number of carbonyl (C=O) groups is 1. The fraction of sp³-hybridized carbons (Fsp3) is 0.526. The van der Waals surface area contributed by atoms with E-state index >= 15 is 0 Å². The number of hydrogen-bond acceptors (Lipinski definition) is 6. The number of primary amides is 1. The van der Waals surface area contributed by atoms with Crippen LogP contribution in [0, 0.1) is 11.8 Å². The van der Waals surface area contributed by atoms with Gasteiger partial charge in [0.1, 0.15) is 17.4 Å². The number of carbonyl (C=O) groups excluding carboxylic acids is 1. The molecule has 3 aliphatic rings. The van der Waals surface area contributed by atoms with E-state index in [1.807, 2.05) is 0 Å². The smallest absolute Gasteiger partial charge is 0.404 e. The summed E-state index contributed by atoms with van der Waals surface area (Å²) >= 11 is 6.49. The van der Waals surface area contributed by atoms with Crippen LogP contribution < -0.4 is 16.4 Å². The molecule has 3 heterocycles. The van der Waals surface area contributed by atoms with Gasteiger partial charge in [-0.15, -0.1) is 0 Å². The summed E-state index contributed by atoms with van der Waals surface area (Å²) in [5.41, 5.74) is 7.44. The molecular formula is C19H23ClN6O2. The molecule has 2 fully saturated rings. The molecule has 5 rings (SSSR count). The van der Waals surface area contributed by atoms with Gasteiger partial charge < -0.3 is 26.1 Å². The molecule has 1 aliphatic heterocycles. The Morgan fingerprint density at radius 3 is 3.00 bits per heavy atom. The molecule has 2 aliphatic carbocycles. The first-order valence-corrected chi connectivity index (χ1v) is 10.1. The SMILES string of the molecule is NC(=O)O[C@@H]1[C@H](Nc2c(Cl)cnc3[nH]c(C4CCCNC4)nc23)[C@H]2C=C[C@@H]1C2. The van der Waals surface area contributed by atoms with Crippen molar-refractivity contribution >= 4 is 34.5 Å². The van der Waals surface area contributed by atoms with E-state index in [2.05, 4.69) is 32.8 Å². The van der Waals surface area contributed by atoms with Crippen molar-refractivity contribution < 1.29 is 9.53 Å². The lowest BCUT2D eigenvalue weighted by Gasteiger charge is -2.29. The van der Waals surface area contributed by atoms with Crippen LogP contribution in [0.5, 0.6) is 0 Å². The van der Waals surface area contributed by atoms with Gasteiger partial charge in [-0.05, 0) is 25.8 Å². The number of aromatic nitrogens is 3. The lowest BCUT2D eigenvalue weighted by atomic mass is 9.98. The van der Waals surface area contributed by atoms with Crippen molar-refractivity contribution in [3.63, 3.8) is 0 Å². The minimum atomic E-state index is -0.754. The molecule has 9 heteroatoms. The fourth-order valence-corrected chi connectivity index (χ4v) is 4.98. The van der Waals surface area contributed by atoms with Gasteiger partial charge in [0.05, 0.1) is 22.9 Å². The van der Waals surface area contributed by atoms with E-state index in [1.165, 1.54) is 0 Å². The second-order valence-electron chi connectivity index (χ2n) is 7.86. The molecule has 2 aromatic rings.